The van der Waals surface area contributed by atoms with Gasteiger partial charge in [0, 0.05) is 12.6 Å². The van der Waals surface area contributed by atoms with Crippen LogP contribution in [0.5, 0.6) is 0 Å². The number of carboxylic acid groups (broad SMARTS) is 1. The molecule has 0 fully saturated rings. The SMILES string of the molecule is Cc1cc(C(=O)NCC(C(=O)O)C(C)C)c(F)cc1F. The number of rotatable bonds is 5. The number of hydrogen-bond donors (Lipinski definition) is 2. The number of hydrogen-bond acceptors (Lipinski definition) is 2. The van der Waals surface area contributed by atoms with E-state index >= 15 is 0 Å². The molecule has 110 valence electrons. The van der Waals surface area contributed by atoms with Gasteiger partial charge < -0.3 is 10.4 Å². The molecule has 1 unspecified atom stereocenters. The van der Waals surface area contributed by atoms with Crippen molar-refractivity contribution >= 4 is 11.9 Å². The summed E-state index contributed by atoms with van der Waals surface area (Å²) < 4.78 is 26.6. The maximum Gasteiger partial charge on any atom is 0.308 e. The first-order valence-electron chi connectivity index (χ1n) is 6.20. The number of carbonyl (C=O) groups is 2. The summed E-state index contributed by atoms with van der Waals surface area (Å²) in [7, 11) is 0. The van der Waals surface area contributed by atoms with Gasteiger partial charge in [-0.2, -0.15) is 0 Å². The summed E-state index contributed by atoms with van der Waals surface area (Å²) in [5, 5.41) is 11.4. The van der Waals surface area contributed by atoms with E-state index < -0.39 is 29.4 Å². The lowest BCUT2D eigenvalue weighted by Gasteiger charge is -2.17. The molecule has 0 heterocycles. The van der Waals surface area contributed by atoms with Crippen molar-refractivity contribution in [2.24, 2.45) is 11.8 Å². The van der Waals surface area contributed by atoms with Crippen molar-refractivity contribution < 1.29 is 23.5 Å². The second-order valence-electron chi connectivity index (χ2n) is 4.98. The van der Waals surface area contributed by atoms with E-state index in [9.17, 15) is 18.4 Å². The van der Waals surface area contributed by atoms with Crippen LogP contribution in [0.1, 0.15) is 29.8 Å². The number of amides is 1. The van der Waals surface area contributed by atoms with Crippen molar-refractivity contribution in [1.29, 1.82) is 0 Å². The Hall–Kier alpha value is -1.98. The molecule has 0 radical (unpaired) electrons. The van der Waals surface area contributed by atoms with Crippen LogP contribution in [0.3, 0.4) is 0 Å². The fourth-order valence-electron chi connectivity index (χ4n) is 1.74. The third kappa shape index (κ3) is 3.76. The molecule has 1 amide bonds. The highest BCUT2D eigenvalue weighted by Crippen LogP contribution is 2.15. The smallest absolute Gasteiger partial charge is 0.308 e. The van der Waals surface area contributed by atoms with Crippen molar-refractivity contribution in [3.05, 3.63) is 34.9 Å². The summed E-state index contributed by atoms with van der Waals surface area (Å²) in [5.41, 5.74) is -0.146. The highest BCUT2D eigenvalue weighted by atomic mass is 19.1. The Balaban J connectivity index is 2.82. The first-order valence-corrected chi connectivity index (χ1v) is 6.20. The molecule has 0 aromatic heterocycles. The molecule has 0 aliphatic carbocycles. The van der Waals surface area contributed by atoms with Crippen molar-refractivity contribution in [2.45, 2.75) is 20.8 Å². The largest absolute Gasteiger partial charge is 0.481 e. The molecular weight excluding hydrogens is 268 g/mol. The molecule has 2 N–H and O–H groups in total. The maximum absolute atomic E-state index is 13.5. The molecule has 0 aliphatic heterocycles. The van der Waals surface area contributed by atoms with E-state index in [2.05, 4.69) is 5.32 Å². The molecule has 1 atom stereocenters. The van der Waals surface area contributed by atoms with Crippen molar-refractivity contribution in [3.8, 4) is 0 Å². The topological polar surface area (TPSA) is 66.4 Å². The van der Waals surface area contributed by atoms with E-state index in [0.717, 1.165) is 6.07 Å². The molecule has 6 heteroatoms. The number of halogens is 2. The Morgan fingerprint density at radius 3 is 2.35 bits per heavy atom. The molecule has 1 rings (SSSR count). The van der Waals surface area contributed by atoms with E-state index in [4.69, 9.17) is 5.11 Å². The Bertz CT molecular complexity index is 529. The van der Waals surface area contributed by atoms with Gasteiger partial charge in [0.2, 0.25) is 0 Å². The minimum Gasteiger partial charge on any atom is -0.481 e. The monoisotopic (exact) mass is 285 g/mol. The fourth-order valence-corrected chi connectivity index (χ4v) is 1.74. The minimum absolute atomic E-state index is 0.109. The third-order valence-electron chi connectivity index (χ3n) is 3.10. The zero-order valence-corrected chi connectivity index (χ0v) is 11.5. The van der Waals surface area contributed by atoms with Crippen LogP contribution in [-0.2, 0) is 4.79 Å². The average Bonchev–Trinajstić information content (AvgIpc) is 2.32. The molecule has 0 spiro atoms. The Morgan fingerprint density at radius 2 is 1.85 bits per heavy atom. The molecule has 4 nitrogen and oxygen atoms in total. The van der Waals surface area contributed by atoms with E-state index in [1.807, 2.05) is 0 Å². The van der Waals surface area contributed by atoms with E-state index in [1.54, 1.807) is 13.8 Å². The normalized spacial score (nSPS) is 12.3. The standard InChI is InChI=1S/C14H17F2NO3/c1-7(2)10(14(19)20)6-17-13(18)9-4-8(3)11(15)5-12(9)16/h4-5,7,10H,6H2,1-3H3,(H,17,18)(H,19,20). The first-order chi connectivity index (χ1) is 9.23. The minimum atomic E-state index is -1.03. The Kier molecular flexibility index (Phi) is 5.19. The van der Waals surface area contributed by atoms with Gasteiger partial charge in [0.15, 0.2) is 0 Å². The zero-order valence-electron chi connectivity index (χ0n) is 11.5. The molecule has 0 aliphatic rings. The summed E-state index contributed by atoms with van der Waals surface area (Å²) in [6.45, 7) is 4.74. The van der Waals surface area contributed by atoms with Gasteiger partial charge in [-0.15, -0.1) is 0 Å². The van der Waals surface area contributed by atoms with E-state index in [0.29, 0.717) is 6.07 Å². The van der Waals surface area contributed by atoms with Crippen LogP contribution < -0.4 is 5.32 Å². The molecule has 0 saturated carbocycles. The van der Waals surface area contributed by atoms with Gasteiger partial charge in [-0.3, -0.25) is 9.59 Å². The van der Waals surface area contributed by atoms with Crippen LogP contribution in [0.15, 0.2) is 12.1 Å². The number of nitrogens with one attached hydrogen (secondary N) is 1. The van der Waals surface area contributed by atoms with Gasteiger partial charge in [-0.25, -0.2) is 8.78 Å². The highest BCUT2D eigenvalue weighted by molar-refractivity contribution is 5.94. The van der Waals surface area contributed by atoms with Gasteiger partial charge in [0.1, 0.15) is 11.6 Å². The summed E-state index contributed by atoms with van der Waals surface area (Å²) in [6.07, 6.45) is 0. The number of carboxylic acids is 1. The summed E-state index contributed by atoms with van der Waals surface area (Å²) in [6, 6.07) is 1.74. The molecule has 0 bridgehead atoms. The van der Waals surface area contributed by atoms with Crippen LogP contribution in [0.25, 0.3) is 0 Å². The van der Waals surface area contributed by atoms with Crippen LogP contribution in [0.4, 0.5) is 8.78 Å². The number of aryl methyl sites for hydroxylation is 1. The summed E-state index contributed by atoms with van der Waals surface area (Å²) in [5.74, 6) is -4.42. The summed E-state index contributed by atoms with van der Waals surface area (Å²) >= 11 is 0. The molecule has 1 aromatic carbocycles. The number of aliphatic carboxylic acids is 1. The van der Waals surface area contributed by atoms with Crippen LogP contribution in [-0.4, -0.2) is 23.5 Å². The van der Waals surface area contributed by atoms with Crippen molar-refractivity contribution in [1.82, 2.24) is 5.32 Å². The predicted molar refractivity (Wildman–Crippen MR) is 69.4 cm³/mol. The lowest BCUT2D eigenvalue weighted by molar-refractivity contribution is -0.142. The molecule has 0 saturated heterocycles. The number of benzene rings is 1. The second kappa shape index (κ2) is 6.45. The van der Waals surface area contributed by atoms with Crippen LogP contribution in [0.2, 0.25) is 0 Å². The van der Waals surface area contributed by atoms with Gasteiger partial charge in [0.25, 0.3) is 5.91 Å². The average molecular weight is 285 g/mol. The lowest BCUT2D eigenvalue weighted by Crippen LogP contribution is -2.36. The Labute approximate surface area is 115 Å². The van der Waals surface area contributed by atoms with Gasteiger partial charge in [0.05, 0.1) is 11.5 Å². The first kappa shape index (κ1) is 16.1. The fraction of sp³-hybridized carbons (Fsp3) is 0.429. The maximum atomic E-state index is 13.5. The van der Waals surface area contributed by atoms with E-state index in [1.165, 1.54) is 6.92 Å². The summed E-state index contributed by atoms with van der Waals surface area (Å²) in [4.78, 5) is 22.8. The highest BCUT2D eigenvalue weighted by Gasteiger charge is 2.23. The second-order valence-corrected chi connectivity index (χ2v) is 4.98. The quantitative estimate of drug-likeness (QED) is 0.872. The number of carbonyl (C=O) groups excluding carboxylic acids is 1. The molecular formula is C14H17F2NO3. The zero-order chi connectivity index (χ0) is 15.4. The lowest BCUT2D eigenvalue weighted by atomic mass is 9.96. The van der Waals surface area contributed by atoms with Crippen LogP contribution >= 0.6 is 0 Å². The van der Waals surface area contributed by atoms with Crippen molar-refractivity contribution in [2.75, 3.05) is 6.54 Å². The molecule has 20 heavy (non-hydrogen) atoms. The van der Waals surface area contributed by atoms with E-state index in [-0.39, 0.29) is 23.6 Å². The Morgan fingerprint density at radius 1 is 1.25 bits per heavy atom. The van der Waals surface area contributed by atoms with Crippen molar-refractivity contribution in [3.63, 3.8) is 0 Å². The third-order valence-corrected chi connectivity index (χ3v) is 3.10. The van der Waals surface area contributed by atoms with Gasteiger partial charge >= 0.3 is 5.97 Å². The predicted octanol–water partition coefficient (Wildman–Crippen LogP) is 2.36. The van der Waals surface area contributed by atoms with Crippen LogP contribution in [0, 0.1) is 30.4 Å². The van der Waals surface area contributed by atoms with Gasteiger partial charge in [-0.1, -0.05) is 13.8 Å². The molecule has 1 aromatic rings. The van der Waals surface area contributed by atoms with Gasteiger partial charge in [-0.05, 0) is 24.5 Å².